The molecule has 0 N–H and O–H groups in total. The number of rotatable bonds is 3. The molecule has 1 unspecified atom stereocenters. The molecule has 5 rings (SSSR count). The monoisotopic (exact) mass is 441 g/mol. The molecule has 0 spiro atoms. The number of hydrogen-bond donors (Lipinski definition) is 0. The summed E-state index contributed by atoms with van der Waals surface area (Å²) in [4.78, 5) is 22.3. The van der Waals surface area contributed by atoms with E-state index in [1.165, 1.54) is 0 Å². The van der Waals surface area contributed by atoms with Crippen molar-refractivity contribution in [2.75, 3.05) is 26.7 Å². The maximum Gasteiger partial charge on any atom is 0.227 e. The highest BCUT2D eigenvalue weighted by Gasteiger charge is 2.31. The number of nitrogens with zero attached hydrogens (tertiary/aromatic N) is 3. The van der Waals surface area contributed by atoms with E-state index in [-0.39, 0.29) is 11.9 Å². The fourth-order valence-electron chi connectivity index (χ4n) is 4.49. The van der Waals surface area contributed by atoms with E-state index < -0.39 is 0 Å². The van der Waals surface area contributed by atoms with Crippen molar-refractivity contribution in [2.45, 2.75) is 19.4 Å². The number of para-hydroxylation sites is 3. The first kappa shape index (κ1) is 21.1. The van der Waals surface area contributed by atoms with E-state index in [1.54, 1.807) is 7.11 Å². The van der Waals surface area contributed by atoms with Crippen LogP contribution < -0.4 is 9.47 Å². The van der Waals surface area contributed by atoms with E-state index in [4.69, 9.17) is 14.5 Å². The first-order valence-corrected chi connectivity index (χ1v) is 11.2. The molecule has 1 atom stereocenters. The number of amidine groups is 1. The summed E-state index contributed by atoms with van der Waals surface area (Å²) in [6, 6.07) is 23.6. The van der Waals surface area contributed by atoms with Crippen LogP contribution in [0.5, 0.6) is 17.2 Å². The maximum absolute atomic E-state index is 13.1. The number of benzene rings is 3. The van der Waals surface area contributed by atoms with Gasteiger partial charge in [0.1, 0.15) is 23.0 Å². The van der Waals surface area contributed by atoms with Crippen molar-refractivity contribution in [2.24, 2.45) is 4.99 Å². The zero-order chi connectivity index (χ0) is 22.8. The van der Waals surface area contributed by atoms with Crippen LogP contribution in [-0.2, 0) is 11.2 Å². The molecule has 3 aromatic carbocycles. The predicted molar refractivity (Wildman–Crippen MR) is 129 cm³/mol. The summed E-state index contributed by atoms with van der Waals surface area (Å²) in [7, 11) is 1.64. The van der Waals surface area contributed by atoms with Crippen molar-refractivity contribution in [3.8, 4) is 17.2 Å². The average Bonchev–Trinajstić information content (AvgIpc) is 3.01. The Bertz CT molecular complexity index is 1210. The van der Waals surface area contributed by atoms with Gasteiger partial charge in [-0.15, -0.1) is 0 Å². The molecule has 168 valence electrons. The standard InChI is InChI=1S/C27H27N3O3/c1-19-18-29(14-15-30(19)26(31)17-20-8-7-9-21(16-20)32-2)27-22-10-3-5-12-24(22)33-25-13-6-4-11-23(25)28-27/h3-13,16,19H,14-15,17-18H2,1-2H3. The summed E-state index contributed by atoms with van der Waals surface area (Å²) in [5, 5.41) is 0. The molecule has 1 saturated heterocycles. The molecule has 2 heterocycles. The van der Waals surface area contributed by atoms with E-state index in [0.717, 1.165) is 39.9 Å². The van der Waals surface area contributed by atoms with Gasteiger partial charge in [-0.05, 0) is 48.9 Å². The van der Waals surface area contributed by atoms with Gasteiger partial charge in [-0.3, -0.25) is 4.79 Å². The van der Waals surface area contributed by atoms with E-state index >= 15 is 0 Å². The number of hydrogen-bond acceptors (Lipinski definition) is 5. The second kappa shape index (κ2) is 8.98. The van der Waals surface area contributed by atoms with Crippen LogP contribution >= 0.6 is 0 Å². The van der Waals surface area contributed by atoms with Gasteiger partial charge in [-0.1, -0.05) is 36.4 Å². The summed E-state index contributed by atoms with van der Waals surface area (Å²) in [5.74, 6) is 3.34. The highest BCUT2D eigenvalue weighted by atomic mass is 16.5. The van der Waals surface area contributed by atoms with E-state index in [2.05, 4.69) is 11.8 Å². The second-order valence-electron chi connectivity index (χ2n) is 8.41. The van der Waals surface area contributed by atoms with Gasteiger partial charge in [-0.25, -0.2) is 4.99 Å². The molecule has 3 aromatic rings. The minimum absolute atomic E-state index is 0.0612. The smallest absolute Gasteiger partial charge is 0.227 e. The molecule has 0 radical (unpaired) electrons. The lowest BCUT2D eigenvalue weighted by Crippen LogP contribution is -2.55. The molecular weight excluding hydrogens is 414 g/mol. The van der Waals surface area contributed by atoms with Crippen molar-refractivity contribution in [3.63, 3.8) is 0 Å². The largest absolute Gasteiger partial charge is 0.497 e. The van der Waals surface area contributed by atoms with Crippen molar-refractivity contribution in [1.29, 1.82) is 0 Å². The summed E-state index contributed by atoms with van der Waals surface area (Å²) >= 11 is 0. The Balaban J connectivity index is 1.36. The quantitative estimate of drug-likeness (QED) is 0.594. The van der Waals surface area contributed by atoms with Crippen LogP contribution in [0.3, 0.4) is 0 Å². The zero-order valence-electron chi connectivity index (χ0n) is 18.9. The van der Waals surface area contributed by atoms with E-state index in [0.29, 0.717) is 26.1 Å². The van der Waals surface area contributed by atoms with Crippen molar-refractivity contribution in [1.82, 2.24) is 9.80 Å². The fourth-order valence-corrected chi connectivity index (χ4v) is 4.49. The van der Waals surface area contributed by atoms with Crippen LogP contribution in [0, 0.1) is 0 Å². The lowest BCUT2D eigenvalue weighted by Gasteiger charge is -2.41. The van der Waals surface area contributed by atoms with Gasteiger partial charge in [0.15, 0.2) is 5.75 Å². The van der Waals surface area contributed by atoms with Gasteiger partial charge in [0.05, 0.1) is 19.1 Å². The van der Waals surface area contributed by atoms with Crippen LogP contribution in [-0.4, -0.2) is 54.3 Å². The minimum Gasteiger partial charge on any atom is -0.497 e. The Hall–Kier alpha value is -3.80. The number of carbonyl (C=O) groups is 1. The number of carbonyl (C=O) groups excluding carboxylic acids is 1. The van der Waals surface area contributed by atoms with Crippen molar-refractivity contribution < 1.29 is 14.3 Å². The first-order valence-electron chi connectivity index (χ1n) is 11.2. The van der Waals surface area contributed by atoms with Crippen LogP contribution in [0.15, 0.2) is 77.8 Å². The third-order valence-corrected chi connectivity index (χ3v) is 6.18. The normalized spacial score (nSPS) is 17.3. The summed E-state index contributed by atoms with van der Waals surface area (Å²) in [6.07, 6.45) is 0.368. The van der Waals surface area contributed by atoms with Crippen molar-refractivity contribution in [3.05, 3.63) is 83.9 Å². The number of methoxy groups -OCH3 is 1. The molecule has 1 fully saturated rings. The number of amides is 1. The minimum atomic E-state index is 0.0612. The molecule has 6 heteroatoms. The third-order valence-electron chi connectivity index (χ3n) is 6.18. The Morgan fingerprint density at radius 3 is 2.64 bits per heavy atom. The van der Waals surface area contributed by atoms with Crippen LogP contribution in [0.25, 0.3) is 0 Å². The molecular formula is C27H27N3O3. The molecule has 6 nitrogen and oxygen atoms in total. The van der Waals surface area contributed by atoms with Crippen LogP contribution in [0.2, 0.25) is 0 Å². The highest BCUT2D eigenvalue weighted by Crippen LogP contribution is 2.38. The van der Waals surface area contributed by atoms with Gasteiger partial charge < -0.3 is 19.3 Å². The topological polar surface area (TPSA) is 54.4 Å². The van der Waals surface area contributed by atoms with Gasteiger partial charge in [0.2, 0.25) is 5.91 Å². The number of aliphatic imine (C=N–C) groups is 1. The van der Waals surface area contributed by atoms with Crippen molar-refractivity contribution >= 4 is 17.4 Å². The van der Waals surface area contributed by atoms with Gasteiger partial charge in [0.25, 0.3) is 0 Å². The number of ether oxygens (including phenoxy) is 2. The molecule has 0 saturated carbocycles. The lowest BCUT2D eigenvalue weighted by molar-refractivity contribution is -0.134. The number of fused-ring (bicyclic) bond motifs is 2. The molecule has 0 bridgehead atoms. The lowest BCUT2D eigenvalue weighted by atomic mass is 10.1. The van der Waals surface area contributed by atoms with E-state index in [1.807, 2.05) is 77.7 Å². The predicted octanol–water partition coefficient (Wildman–Crippen LogP) is 4.65. The molecule has 2 aliphatic rings. The zero-order valence-corrected chi connectivity index (χ0v) is 18.9. The van der Waals surface area contributed by atoms with Crippen LogP contribution in [0.4, 0.5) is 5.69 Å². The number of piperazine rings is 1. The maximum atomic E-state index is 13.1. The first-order chi connectivity index (χ1) is 16.1. The Morgan fingerprint density at radius 1 is 1.03 bits per heavy atom. The van der Waals surface area contributed by atoms with Gasteiger partial charge in [-0.2, -0.15) is 0 Å². The summed E-state index contributed by atoms with van der Waals surface area (Å²) in [6.45, 7) is 4.17. The van der Waals surface area contributed by atoms with E-state index in [9.17, 15) is 4.79 Å². The highest BCUT2D eigenvalue weighted by molar-refractivity contribution is 6.03. The molecule has 1 amide bonds. The summed E-state index contributed by atoms with van der Waals surface area (Å²) in [5.41, 5.74) is 2.75. The SMILES string of the molecule is COc1cccc(CC(=O)N2CCN(C3=Nc4ccccc4Oc4ccccc43)CC2C)c1. The second-order valence-corrected chi connectivity index (χ2v) is 8.41. The molecule has 0 aliphatic carbocycles. The molecule has 0 aromatic heterocycles. The van der Waals surface area contributed by atoms with Gasteiger partial charge >= 0.3 is 0 Å². The van der Waals surface area contributed by atoms with Gasteiger partial charge in [0, 0.05) is 25.7 Å². The Morgan fingerprint density at radius 2 is 1.82 bits per heavy atom. The van der Waals surface area contributed by atoms with Crippen LogP contribution in [0.1, 0.15) is 18.1 Å². The fraction of sp³-hybridized carbons (Fsp3) is 0.259. The molecule has 33 heavy (non-hydrogen) atoms. The Labute approximate surface area is 194 Å². The third kappa shape index (κ3) is 4.29. The summed E-state index contributed by atoms with van der Waals surface area (Å²) < 4.78 is 11.5. The molecule has 2 aliphatic heterocycles. The Kier molecular flexibility index (Phi) is 5.73. The average molecular weight is 442 g/mol.